The predicted molar refractivity (Wildman–Crippen MR) is 143 cm³/mol. The summed E-state index contributed by atoms with van der Waals surface area (Å²) < 4.78 is 36.4. The topological polar surface area (TPSA) is 181 Å². The minimum Gasteiger partial charge on any atom is -0.481 e. The molecule has 2 unspecified atom stereocenters. The summed E-state index contributed by atoms with van der Waals surface area (Å²) in [6.45, 7) is 12.0. The number of amides is 2. The second-order valence-electron chi connectivity index (χ2n) is 7.48. The SMILES string of the molecule is CCN(CC)CC.CS(=O)NCCOCCC(=O)O.CS(=O)NCCOCCC(=O)ON1C(=O)CCC1=O. The summed E-state index contributed by atoms with van der Waals surface area (Å²) >= 11 is 0. The van der Waals surface area contributed by atoms with Crippen LogP contribution >= 0.6 is 0 Å². The number of hydroxylamine groups is 2. The molecule has 1 rings (SSSR count). The van der Waals surface area contributed by atoms with Crippen molar-refractivity contribution in [1.29, 1.82) is 0 Å². The number of nitrogens with zero attached hydrogens (tertiary/aromatic N) is 2. The lowest BCUT2D eigenvalue weighted by Crippen LogP contribution is -2.32. The number of hydrogen-bond donors (Lipinski definition) is 3. The van der Waals surface area contributed by atoms with Crippen LogP contribution < -0.4 is 9.44 Å². The van der Waals surface area contributed by atoms with Crippen molar-refractivity contribution in [2.24, 2.45) is 0 Å². The summed E-state index contributed by atoms with van der Waals surface area (Å²) in [6, 6.07) is 0. The second kappa shape index (κ2) is 25.5. The van der Waals surface area contributed by atoms with Crippen LogP contribution in [0, 0.1) is 0 Å². The Morgan fingerprint density at radius 1 is 0.842 bits per heavy atom. The lowest BCUT2D eigenvalue weighted by molar-refractivity contribution is -0.198. The zero-order chi connectivity index (χ0) is 29.3. The standard InChI is InChI=1S/C10H16N2O6S.C6H13NO4S.C6H15N/c1-19(16)11-5-7-17-6-4-10(15)18-12-8(13)2-3-9(12)14;1-12(10)7-3-5-11-4-2-6(8)9;1-4-7(5-2)6-3/h11H,2-7H2,1H3;7H,2-5H2,1H3,(H,8,9);4-6H2,1-3H3. The van der Waals surface area contributed by atoms with Gasteiger partial charge in [0.25, 0.3) is 11.8 Å². The van der Waals surface area contributed by atoms with E-state index in [0.717, 1.165) is 0 Å². The number of carbonyl (C=O) groups is 4. The van der Waals surface area contributed by atoms with Gasteiger partial charge in [-0.1, -0.05) is 20.8 Å². The molecule has 0 aliphatic carbocycles. The van der Waals surface area contributed by atoms with Gasteiger partial charge < -0.3 is 24.3 Å². The molecule has 0 aromatic heterocycles. The highest BCUT2D eigenvalue weighted by atomic mass is 32.2. The Morgan fingerprint density at radius 2 is 1.26 bits per heavy atom. The van der Waals surface area contributed by atoms with Gasteiger partial charge >= 0.3 is 11.9 Å². The fourth-order valence-electron chi connectivity index (χ4n) is 2.51. The molecule has 1 aliphatic heterocycles. The first-order valence-corrected chi connectivity index (χ1v) is 15.4. The van der Waals surface area contributed by atoms with Gasteiger partial charge in [-0.25, -0.2) is 22.7 Å². The molecule has 224 valence electrons. The van der Waals surface area contributed by atoms with E-state index >= 15 is 0 Å². The summed E-state index contributed by atoms with van der Waals surface area (Å²) in [4.78, 5) is 50.6. The minimum absolute atomic E-state index is 0.00914. The van der Waals surface area contributed by atoms with E-state index < -0.39 is 45.7 Å². The maximum Gasteiger partial charge on any atom is 0.335 e. The number of rotatable bonds is 18. The highest BCUT2D eigenvalue weighted by molar-refractivity contribution is 7.82. The maximum absolute atomic E-state index is 11.3. The molecule has 1 fully saturated rings. The van der Waals surface area contributed by atoms with Gasteiger partial charge in [0, 0.05) is 38.4 Å². The van der Waals surface area contributed by atoms with Gasteiger partial charge in [0.1, 0.15) is 0 Å². The van der Waals surface area contributed by atoms with Crippen LogP contribution in [0.1, 0.15) is 46.5 Å². The molecule has 1 saturated heterocycles. The Labute approximate surface area is 230 Å². The zero-order valence-corrected chi connectivity index (χ0v) is 24.7. The van der Waals surface area contributed by atoms with Gasteiger partial charge in [-0.15, -0.1) is 5.06 Å². The van der Waals surface area contributed by atoms with E-state index in [1.807, 2.05) is 0 Å². The maximum atomic E-state index is 11.3. The third-order valence-electron chi connectivity index (χ3n) is 4.55. The van der Waals surface area contributed by atoms with Crippen molar-refractivity contribution in [2.45, 2.75) is 46.5 Å². The third-order valence-corrected chi connectivity index (χ3v) is 5.78. The van der Waals surface area contributed by atoms with Crippen molar-refractivity contribution in [3.05, 3.63) is 0 Å². The molecule has 0 saturated carbocycles. The van der Waals surface area contributed by atoms with Gasteiger partial charge in [-0.3, -0.25) is 14.4 Å². The van der Waals surface area contributed by atoms with Crippen LogP contribution in [-0.2, 0) is 55.5 Å². The van der Waals surface area contributed by atoms with Gasteiger partial charge in [0.05, 0.1) is 61.2 Å². The minimum atomic E-state index is -1.09. The van der Waals surface area contributed by atoms with Crippen molar-refractivity contribution >= 4 is 45.7 Å². The quantitative estimate of drug-likeness (QED) is 0.140. The number of carboxylic acid groups (broad SMARTS) is 1. The molecule has 0 bridgehead atoms. The van der Waals surface area contributed by atoms with E-state index in [4.69, 9.17) is 14.6 Å². The average Bonchev–Trinajstić information content (AvgIpc) is 3.17. The monoisotopic (exact) mass is 588 g/mol. The molecule has 1 aliphatic rings. The van der Waals surface area contributed by atoms with Crippen LogP contribution in [0.3, 0.4) is 0 Å². The molecule has 3 N–H and O–H groups in total. The second-order valence-corrected chi connectivity index (χ2v) is 9.87. The third kappa shape index (κ3) is 24.5. The molecule has 14 nitrogen and oxygen atoms in total. The van der Waals surface area contributed by atoms with E-state index in [2.05, 4.69) is 40.0 Å². The number of imide groups is 1. The lowest BCUT2D eigenvalue weighted by atomic mass is 10.4. The van der Waals surface area contributed by atoms with Gasteiger partial charge in [0.2, 0.25) is 0 Å². The van der Waals surface area contributed by atoms with Gasteiger partial charge in [-0.2, -0.15) is 0 Å². The van der Waals surface area contributed by atoms with Crippen molar-refractivity contribution in [3.63, 3.8) is 0 Å². The Balaban J connectivity index is 0. The number of hydrogen-bond acceptors (Lipinski definition) is 10. The molecular weight excluding hydrogens is 544 g/mol. The Kier molecular flexibility index (Phi) is 25.7. The lowest BCUT2D eigenvalue weighted by Gasteiger charge is -2.13. The number of carboxylic acids is 1. The molecule has 1 heterocycles. The van der Waals surface area contributed by atoms with Crippen molar-refractivity contribution in [2.75, 3.05) is 71.7 Å². The van der Waals surface area contributed by atoms with E-state index in [9.17, 15) is 27.6 Å². The first-order valence-electron chi connectivity index (χ1n) is 12.3. The van der Waals surface area contributed by atoms with Gasteiger partial charge in [0.15, 0.2) is 0 Å². The van der Waals surface area contributed by atoms with Crippen molar-refractivity contribution < 1.29 is 47.0 Å². The van der Waals surface area contributed by atoms with Crippen molar-refractivity contribution in [1.82, 2.24) is 19.4 Å². The summed E-state index contributed by atoms with van der Waals surface area (Å²) in [5, 5.41) is 8.72. The fraction of sp³-hybridized carbons (Fsp3) is 0.818. The first-order chi connectivity index (χ1) is 18.0. The number of nitrogens with one attached hydrogen (secondary N) is 2. The Hall–Kier alpha value is -1.82. The van der Waals surface area contributed by atoms with Crippen LogP contribution in [0.4, 0.5) is 0 Å². The van der Waals surface area contributed by atoms with Crippen LogP contribution in [0.15, 0.2) is 0 Å². The fourth-order valence-corrected chi connectivity index (χ4v) is 3.25. The smallest absolute Gasteiger partial charge is 0.335 e. The first kappa shape index (κ1) is 38.3. The summed E-state index contributed by atoms with van der Waals surface area (Å²) in [6.07, 6.45) is 3.12. The molecule has 16 heteroatoms. The van der Waals surface area contributed by atoms with Crippen LogP contribution in [0.2, 0.25) is 0 Å². The van der Waals surface area contributed by atoms with E-state index in [0.29, 0.717) is 31.4 Å². The zero-order valence-electron chi connectivity index (χ0n) is 23.0. The Bertz CT molecular complexity index is 699. The largest absolute Gasteiger partial charge is 0.481 e. The normalized spacial score (nSPS) is 14.3. The van der Waals surface area contributed by atoms with E-state index in [-0.39, 0.29) is 38.9 Å². The molecule has 2 atom stereocenters. The number of aliphatic carboxylic acids is 1. The number of ether oxygens (including phenoxy) is 2. The molecule has 0 radical (unpaired) electrons. The molecule has 0 spiro atoms. The van der Waals surface area contributed by atoms with Crippen LogP contribution in [0.25, 0.3) is 0 Å². The molecule has 0 aromatic rings. The average molecular weight is 589 g/mol. The highest BCUT2D eigenvalue weighted by Gasteiger charge is 2.32. The predicted octanol–water partition coefficient (Wildman–Crippen LogP) is -0.408. The molecule has 38 heavy (non-hydrogen) atoms. The van der Waals surface area contributed by atoms with Crippen LogP contribution in [-0.4, -0.2) is 119 Å². The highest BCUT2D eigenvalue weighted by Crippen LogP contribution is 2.12. The molecule has 2 amide bonds. The summed E-state index contributed by atoms with van der Waals surface area (Å²) in [5.41, 5.74) is 0. The number of carbonyl (C=O) groups excluding carboxylic acids is 3. The summed E-state index contributed by atoms with van der Waals surface area (Å²) in [5.74, 6) is -2.58. The van der Waals surface area contributed by atoms with E-state index in [1.54, 1.807) is 0 Å². The Morgan fingerprint density at radius 3 is 1.61 bits per heavy atom. The summed E-state index contributed by atoms with van der Waals surface area (Å²) in [7, 11) is -2.12. The van der Waals surface area contributed by atoms with Crippen molar-refractivity contribution in [3.8, 4) is 0 Å². The molecular formula is C22H44N4O10S2. The van der Waals surface area contributed by atoms with E-state index in [1.165, 1.54) is 32.1 Å². The molecule has 0 aromatic carbocycles. The van der Waals surface area contributed by atoms with Crippen LogP contribution in [0.5, 0.6) is 0 Å². The van der Waals surface area contributed by atoms with Gasteiger partial charge in [-0.05, 0) is 19.6 Å².